The van der Waals surface area contributed by atoms with Crippen LogP contribution in [0.25, 0.3) is 0 Å². The number of amides is 3. The molecule has 6 nitrogen and oxygen atoms in total. The van der Waals surface area contributed by atoms with Gasteiger partial charge < -0.3 is 10.6 Å². The van der Waals surface area contributed by atoms with Crippen molar-refractivity contribution in [3.8, 4) is 0 Å². The molecule has 1 fully saturated rings. The Hall–Kier alpha value is -2.97. The molecule has 1 aliphatic carbocycles. The SMILES string of the molecule is Cc1cccc(N(C(=O)CNC(=O)c2cccs2)[C@H](C(=O)NC2CCCC2)c2cccs2)c1C. The van der Waals surface area contributed by atoms with E-state index in [0.717, 1.165) is 41.7 Å². The quantitative estimate of drug-likeness (QED) is 0.462. The van der Waals surface area contributed by atoms with Gasteiger partial charge in [-0.25, -0.2) is 0 Å². The molecule has 4 rings (SSSR count). The van der Waals surface area contributed by atoms with Gasteiger partial charge in [0, 0.05) is 16.6 Å². The number of hydrogen-bond acceptors (Lipinski definition) is 5. The number of anilines is 1. The predicted octanol–water partition coefficient (Wildman–Crippen LogP) is 4.99. The second-order valence-electron chi connectivity index (χ2n) is 8.55. The van der Waals surface area contributed by atoms with Crippen molar-refractivity contribution >= 4 is 46.1 Å². The van der Waals surface area contributed by atoms with Crippen LogP contribution in [0, 0.1) is 13.8 Å². The lowest BCUT2D eigenvalue weighted by atomic mass is 10.0. The smallest absolute Gasteiger partial charge is 0.261 e. The monoisotopic (exact) mass is 495 g/mol. The van der Waals surface area contributed by atoms with Crippen LogP contribution in [-0.2, 0) is 9.59 Å². The maximum atomic E-state index is 13.7. The first-order valence-electron chi connectivity index (χ1n) is 11.5. The molecule has 0 saturated heterocycles. The van der Waals surface area contributed by atoms with Gasteiger partial charge in [-0.1, -0.05) is 37.1 Å². The third kappa shape index (κ3) is 5.39. The summed E-state index contributed by atoms with van der Waals surface area (Å²) in [7, 11) is 0. The van der Waals surface area contributed by atoms with Crippen molar-refractivity contribution < 1.29 is 14.4 Å². The highest BCUT2D eigenvalue weighted by molar-refractivity contribution is 7.12. The Balaban J connectivity index is 1.68. The minimum absolute atomic E-state index is 0.129. The molecule has 2 heterocycles. The summed E-state index contributed by atoms with van der Waals surface area (Å²) in [6.45, 7) is 3.73. The maximum Gasteiger partial charge on any atom is 0.261 e. The number of carbonyl (C=O) groups is 3. The van der Waals surface area contributed by atoms with E-state index in [1.54, 1.807) is 17.0 Å². The Morgan fingerprint density at radius 3 is 2.41 bits per heavy atom. The molecule has 1 atom stereocenters. The van der Waals surface area contributed by atoms with Crippen molar-refractivity contribution in [2.75, 3.05) is 11.4 Å². The number of nitrogens with zero attached hydrogens (tertiary/aromatic N) is 1. The Bertz CT molecular complexity index is 1140. The number of hydrogen-bond donors (Lipinski definition) is 2. The van der Waals surface area contributed by atoms with Crippen molar-refractivity contribution in [3.63, 3.8) is 0 Å². The number of rotatable bonds is 8. The Labute approximate surface area is 208 Å². The van der Waals surface area contributed by atoms with Gasteiger partial charge in [-0.05, 0) is 66.8 Å². The minimum atomic E-state index is -0.813. The summed E-state index contributed by atoms with van der Waals surface area (Å²) in [5.74, 6) is -0.820. The molecule has 0 aliphatic heterocycles. The zero-order valence-corrected chi connectivity index (χ0v) is 21.0. The third-order valence-electron chi connectivity index (χ3n) is 6.27. The summed E-state index contributed by atoms with van der Waals surface area (Å²) in [6.07, 6.45) is 4.11. The summed E-state index contributed by atoms with van der Waals surface area (Å²) < 4.78 is 0. The summed E-state index contributed by atoms with van der Waals surface area (Å²) in [6, 6.07) is 12.3. The van der Waals surface area contributed by atoms with E-state index in [0.29, 0.717) is 10.6 Å². The highest BCUT2D eigenvalue weighted by Gasteiger charge is 2.35. The lowest BCUT2D eigenvalue weighted by Gasteiger charge is -2.33. The highest BCUT2D eigenvalue weighted by Crippen LogP contribution is 2.34. The molecular formula is C26H29N3O3S2. The summed E-state index contributed by atoms with van der Waals surface area (Å²) >= 11 is 2.77. The fourth-order valence-corrected chi connectivity index (χ4v) is 5.77. The molecule has 2 N–H and O–H groups in total. The third-order valence-corrected chi connectivity index (χ3v) is 8.06. The van der Waals surface area contributed by atoms with E-state index in [1.165, 1.54) is 22.7 Å². The Kier molecular flexibility index (Phi) is 7.80. The second kappa shape index (κ2) is 11.0. The van der Waals surface area contributed by atoms with Crippen LogP contribution < -0.4 is 15.5 Å². The van der Waals surface area contributed by atoms with Crippen molar-refractivity contribution in [2.45, 2.75) is 51.6 Å². The van der Waals surface area contributed by atoms with Crippen molar-refractivity contribution in [1.82, 2.24) is 10.6 Å². The van der Waals surface area contributed by atoms with Crippen molar-refractivity contribution in [2.24, 2.45) is 0 Å². The molecule has 8 heteroatoms. The molecule has 1 saturated carbocycles. The highest BCUT2D eigenvalue weighted by atomic mass is 32.1. The fraction of sp³-hybridized carbons (Fsp3) is 0.346. The van der Waals surface area contributed by atoms with Crippen molar-refractivity contribution in [3.05, 3.63) is 74.1 Å². The molecule has 1 aliphatic rings. The number of nitrogens with one attached hydrogen (secondary N) is 2. The van der Waals surface area contributed by atoms with Gasteiger partial charge in [0.2, 0.25) is 11.8 Å². The Morgan fingerprint density at radius 2 is 1.74 bits per heavy atom. The van der Waals surface area contributed by atoms with Crippen LogP contribution in [0.4, 0.5) is 5.69 Å². The molecule has 0 spiro atoms. The van der Waals surface area contributed by atoms with E-state index < -0.39 is 6.04 Å². The zero-order valence-electron chi connectivity index (χ0n) is 19.4. The van der Waals surface area contributed by atoms with E-state index in [9.17, 15) is 14.4 Å². The molecule has 1 aromatic carbocycles. The van der Waals surface area contributed by atoms with Gasteiger partial charge >= 0.3 is 0 Å². The Morgan fingerprint density at radius 1 is 1.00 bits per heavy atom. The first-order chi connectivity index (χ1) is 16.5. The summed E-state index contributed by atoms with van der Waals surface area (Å²) in [5.41, 5.74) is 2.63. The standard InChI is InChI=1S/C26H29N3O3S2/c1-17-8-5-11-20(18(17)2)29(23(30)16-27-25(31)22-13-7-15-34-22)24(21-12-6-14-33-21)26(32)28-19-9-3-4-10-19/h5-8,11-15,19,24H,3-4,9-10,16H2,1-2H3,(H,27,31)(H,28,32)/t24-/m0/s1. The number of aryl methyl sites for hydroxylation is 1. The van der Waals surface area contributed by atoms with Gasteiger partial charge in [-0.2, -0.15) is 0 Å². The van der Waals surface area contributed by atoms with Gasteiger partial charge in [0.05, 0.1) is 11.4 Å². The van der Waals surface area contributed by atoms with Crippen LogP contribution in [0.5, 0.6) is 0 Å². The van der Waals surface area contributed by atoms with E-state index >= 15 is 0 Å². The first-order valence-corrected chi connectivity index (χ1v) is 13.3. The topological polar surface area (TPSA) is 78.5 Å². The van der Waals surface area contributed by atoms with E-state index in [4.69, 9.17) is 0 Å². The van der Waals surface area contributed by atoms with Gasteiger partial charge in [-0.3, -0.25) is 19.3 Å². The lowest BCUT2D eigenvalue weighted by molar-refractivity contribution is -0.126. The lowest BCUT2D eigenvalue weighted by Crippen LogP contribution is -2.49. The van der Waals surface area contributed by atoms with Gasteiger partial charge in [0.15, 0.2) is 0 Å². The van der Waals surface area contributed by atoms with Crippen LogP contribution >= 0.6 is 22.7 Å². The normalized spacial score (nSPS) is 14.5. The fourth-order valence-electron chi connectivity index (χ4n) is 4.32. The largest absolute Gasteiger partial charge is 0.351 e. The average molecular weight is 496 g/mol. The molecule has 0 bridgehead atoms. The molecule has 3 amide bonds. The summed E-state index contributed by atoms with van der Waals surface area (Å²) in [5, 5.41) is 9.65. The van der Waals surface area contributed by atoms with Crippen LogP contribution in [0.2, 0.25) is 0 Å². The average Bonchev–Trinajstić information content (AvgIpc) is 3.61. The van der Waals surface area contributed by atoms with Crippen molar-refractivity contribution in [1.29, 1.82) is 0 Å². The molecule has 178 valence electrons. The molecule has 2 aromatic heterocycles. The molecule has 0 unspecified atom stereocenters. The summed E-state index contributed by atoms with van der Waals surface area (Å²) in [4.78, 5) is 42.7. The van der Waals surface area contributed by atoms with Crippen LogP contribution in [0.1, 0.15) is 57.4 Å². The van der Waals surface area contributed by atoms with Crippen LogP contribution in [-0.4, -0.2) is 30.3 Å². The van der Waals surface area contributed by atoms with E-state index in [2.05, 4.69) is 10.6 Å². The van der Waals surface area contributed by atoms with Crippen LogP contribution in [0.3, 0.4) is 0 Å². The molecular weight excluding hydrogens is 466 g/mol. The number of thiophene rings is 2. The van der Waals surface area contributed by atoms with Gasteiger partial charge in [0.1, 0.15) is 6.04 Å². The van der Waals surface area contributed by atoms with E-state index in [-0.39, 0.29) is 30.3 Å². The van der Waals surface area contributed by atoms with E-state index in [1.807, 2.05) is 54.9 Å². The molecule has 34 heavy (non-hydrogen) atoms. The molecule has 0 radical (unpaired) electrons. The predicted molar refractivity (Wildman–Crippen MR) is 138 cm³/mol. The maximum absolute atomic E-state index is 13.7. The number of carbonyl (C=O) groups excluding carboxylic acids is 3. The van der Waals surface area contributed by atoms with Gasteiger partial charge in [-0.15, -0.1) is 22.7 Å². The molecule has 3 aromatic rings. The minimum Gasteiger partial charge on any atom is -0.351 e. The van der Waals surface area contributed by atoms with Crippen LogP contribution in [0.15, 0.2) is 53.2 Å². The second-order valence-corrected chi connectivity index (χ2v) is 10.5. The van der Waals surface area contributed by atoms with Gasteiger partial charge in [0.25, 0.3) is 5.91 Å². The zero-order chi connectivity index (χ0) is 24.1. The number of benzene rings is 1. The first kappa shape index (κ1) is 24.2.